The van der Waals surface area contributed by atoms with Crippen molar-refractivity contribution in [2.75, 3.05) is 0 Å². The second kappa shape index (κ2) is 1.36. The van der Waals surface area contributed by atoms with Gasteiger partial charge in [0.1, 0.15) is 0 Å². The normalized spacial score (nSPS) is 62.3. The molecular formula is C9H16. The summed E-state index contributed by atoms with van der Waals surface area (Å²) in [4.78, 5) is 0. The Morgan fingerprint density at radius 2 is 2.22 bits per heavy atom. The van der Waals surface area contributed by atoms with E-state index in [2.05, 4.69) is 20.8 Å². The first-order valence-corrected chi connectivity index (χ1v) is 4.20. The van der Waals surface area contributed by atoms with Gasteiger partial charge in [-0.1, -0.05) is 27.2 Å². The molecule has 0 aromatic carbocycles. The molecule has 2 saturated carbocycles. The van der Waals surface area contributed by atoms with Crippen LogP contribution in [-0.2, 0) is 0 Å². The number of rotatable bonds is 1. The van der Waals surface area contributed by atoms with Crippen LogP contribution in [0.5, 0.6) is 0 Å². The fourth-order valence-corrected chi connectivity index (χ4v) is 3.04. The van der Waals surface area contributed by atoms with E-state index in [0.29, 0.717) is 0 Å². The van der Waals surface area contributed by atoms with Gasteiger partial charge in [-0.25, -0.2) is 0 Å². The maximum Gasteiger partial charge on any atom is -0.0261 e. The van der Waals surface area contributed by atoms with Crippen LogP contribution in [0.25, 0.3) is 0 Å². The molecule has 0 radical (unpaired) electrons. The highest BCUT2D eigenvalue weighted by Gasteiger charge is 2.68. The van der Waals surface area contributed by atoms with Crippen molar-refractivity contribution in [2.45, 2.75) is 33.6 Å². The summed E-state index contributed by atoms with van der Waals surface area (Å²) in [7, 11) is 0. The molecule has 4 atom stereocenters. The van der Waals surface area contributed by atoms with Crippen LogP contribution in [0.4, 0.5) is 0 Å². The topological polar surface area (TPSA) is 0 Å². The van der Waals surface area contributed by atoms with Crippen LogP contribution >= 0.6 is 0 Å². The van der Waals surface area contributed by atoms with Gasteiger partial charge in [0.2, 0.25) is 0 Å². The van der Waals surface area contributed by atoms with Crippen molar-refractivity contribution in [2.24, 2.45) is 23.2 Å². The summed E-state index contributed by atoms with van der Waals surface area (Å²) >= 11 is 0. The van der Waals surface area contributed by atoms with Crippen LogP contribution in [-0.4, -0.2) is 0 Å². The molecule has 0 N–H and O–H groups in total. The zero-order valence-electron chi connectivity index (χ0n) is 6.65. The summed E-state index contributed by atoms with van der Waals surface area (Å²) in [6.45, 7) is 7.20. The third kappa shape index (κ3) is 0.461. The maximum absolute atomic E-state index is 2.45. The van der Waals surface area contributed by atoms with Gasteiger partial charge in [0.15, 0.2) is 0 Å². The molecule has 2 aliphatic carbocycles. The Hall–Kier alpha value is 0. The number of fused-ring (bicyclic) bond motifs is 1. The van der Waals surface area contributed by atoms with E-state index in [-0.39, 0.29) is 0 Å². The summed E-state index contributed by atoms with van der Waals surface area (Å²) in [6.07, 6.45) is 2.94. The lowest BCUT2D eigenvalue weighted by Crippen LogP contribution is -2.22. The van der Waals surface area contributed by atoms with Gasteiger partial charge >= 0.3 is 0 Å². The molecule has 0 aliphatic heterocycles. The highest BCUT2D eigenvalue weighted by atomic mass is 14.7. The third-order valence-corrected chi connectivity index (χ3v) is 3.97. The molecule has 2 rings (SSSR count). The van der Waals surface area contributed by atoms with E-state index in [1.807, 2.05) is 0 Å². The lowest BCUT2D eigenvalue weighted by molar-refractivity contribution is 0.191. The molecule has 0 bridgehead atoms. The summed E-state index contributed by atoms with van der Waals surface area (Å²) in [6, 6.07) is 0. The minimum absolute atomic E-state index is 0.820. The smallest absolute Gasteiger partial charge is 0.0261 e. The van der Waals surface area contributed by atoms with E-state index >= 15 is 0 Å². The van der Waals surface area contributed by atoms with Crippen molar-refractivity contribution in [3.05, 3.63) is 0 Å². The highest BCUT2D eigenvalue weighted by Crippen LogP contribution is 2.75. The van der Waals surface area contributed by atoms with Crippen molar-refractivity contribution in [1.82, 2.24) is 0 Å². The summed E-state index contributed by atoms with van der Waals surface area (Å²) in [5.41, 5.74) is 0.820. The van der Waals surface area contributed by atoms with Gasteiger partial charge in [-0.05, 0) is 29.6 Å². The monoisotopic (exact) mass is 124 g/mol. The molecule has 0 nitrogen and oxygen atoms in total. The zero-order valence-corrected chi connectivity index (χ0v) is 6.65. The quantitative estimate of drug-likeness (QED) is 0.504. The predicted octanol–water partition coefficient (Wildman–Crippen LogP) is 2.69. The molecule has 52 valence electrons. The Labute approximate surface area is 57.6 Å². The lowest BCUT2D eigenvalue weighted by Gasteiger charge is -2.30. The Balaban J connectivity index is 2.02. The van der Waals surface area contributed by atoms with Crippen LogP contribution in [0, 0.1) is 23.2 Å². The molecule has 0 amide bonds. The van der Waals surface area contributed by atoms with Crippen LogP contribution in [0.15, 0.2) is 0 Å². The third-order valence-electron chi connectivity index (χ3n) is 3.97. The van der Waals surface area contributed by atoms with Gasteiger partial charge in [-0.2, -0.15) is 0 Å². The SMILES string of the molecule is CCC1CC2(C)C(C)C12. The van der Waals surface area contributed by atoms with E-state index < -0.39 is 0 Å². The minimum atomic E-state index is 0.820. The fourth-order valence-electron chi connectivity index (χ4n) is 3.04. The molecule has 0 aromatic heterocycles. The maximum atomic E-state index is 2.45. The van der Waals surface area contributed by atoms with E-state index in [4.69, 9.17) is 0 Å². The van der Waals surface area contributed by atoms with Gasteiger partial charge in [-0.3, -0.25) is 0 Å². The first kappa shape index (κ1) is 5.76. The molecule has 2 fully saturated rings. The van der Waals surface area contributed by atoms with Gasteiger partial charge in [0.25, 0.3) is 0 Å². The number of hydrogen-bond donors (Lipinski definition) is 0. The van der Waals surface area contributed by atoms with Crippen molar-refractivity contribution in [1.29, 1.82) is 0 Å². The van der Waals surface area contributed by atoms with Crippen LogP contribution in [0.1, 0.15) is 33.6 Å². The molecule has 0 aromatic rings. The van der Waals surface area contributed by atoms with Gasteiger partial charge in [-0.15, -0.1) is 0 Å². The van der Waals surface area contributed by atoms with Crippen LogP contribution < -0.4 is 0 Å². The Kier molecular flexibility index (Phi) is 0.868. The number of hydrogen-bond acceptors (Lipinski definition) is 0. The average Bonchev–Trinajstić information content (AvgIpc) is 2.16. The Morgan fingerprint density at radius 1 is 1.56 bits per heavy atom. The van der Waals surface area contributed by atoms with Crippen molar-refractivity contribution in [3.8, 4) is 0 Å². The van der Waals surface area contributed by atoms with Crippen LogP contribution in [0.2, 0.25) is 0 Å². The second-order valence-corrected chi connectivity index (χ2v) is 4.19. The molecule has 0 saturated heterocycles. The van der Waals surface area contributed by atoms with E-state index in [0.717, 1.165) is 23.2 Å². The summed E-state index contributed by atoms with van der Waals surface area (Å²) in [5.74, 6) is 3.29. The molecule has 4 unspecified atom stereocenters. The van der Waals surface area contributed by atoms with Gasteiger partial charge in [0.05, 0.1) is 0 Å². The Bertz CT molecular complexity index is 139. The molecule has 0 spiro atoms. The predicted molar refractivity (Wildman–Crippen MR) is 39.2 cm³/mol. The lowest BCUT2D eigenvalue weighted by atomic mass is 9.75. The minimum Gasteiger partial charge on any atom is -0.0651 e. The first-order valence-electron chi connectivity index (χ1n) is 4.20. The van der Waals surface area contributed by atoms with E-state index in [1.165, 1.54) is 12.8 Å². The molecule has 9 heavy (non-hydrogen) atoms. The Morgan fingerprint density at radius 3 is 2.33 bits per heavy atom. The molecule has 0 heteroatoms. The molecule has 0 heterocycles. The van der Waals surface area contributed by atoms with Crippen LogP contribution in [0.3, 0.4) is 0 Å². The highest BCUT2D eigenvalue weighted by molar-refractivity contribution is 5.16. The summed E-state index contributed by atoms with van der Waals surface area (Å²) < 4.78 is 0. The molecule has 2 aliphatic rings. The second-order valence-electron chi connectivity index (χ2n) is 4.19. The van der Waals surface area contributed by atoms with Crippen molar-refractivity contribution in [3.63, 3.8) is 0 Å². The first-order chi connectivity index (χ1) is 4.20. The fraction of sp³-hybridized carbons (Fsp3) is 1.00. The van der Waals surface area contributed by atoms with Gasteiger partial charge in [0, 0.05) is 0 Å². The average molecular weight is 124 g/mol. The van der Waals surface area contributed by atoms with Crippen molar-refractivity contribution < 1.29 is 0 Å². The zero-order chi connectivity index (χ0) is 6.65. The largest absolute Gasteiger partial charge is 0.0651 e. The van der Waals surface area contributed by atoms with E-state index in [1.54, 1.807) is 0 Å². The van der Waals surface area contributed by atoms with Gasteiger partial charge < -0.3 is 0 Å². The van der Waals surface area contributed by atoms with Crippen molar-refractivity contribution >= 4 is 0 Å². The summed E-state index contributed by atoms with van der Waals surface area (Å²) in [5, 5.41) is 0. The standard InChI is InChI=1S/C9H16/c1-4-7-5-9(3)6(2)8(7)9/h6-8H,4-5H2,1-3H3. The van der Waals surface area contributed by atoms with E-state index in [9.17, 15) is 0 Å². The molecular weight excluding hydrogens is 108 g/mol.